The average molecular weight is 417 g/mol. The van der Waals surface area contributed by atoms with Crippen LogP contribution in [0.1, 0.15) is 16.7 Å². The molecule has 0 saturated carbocycles. The lowest BCUT2D eigenvalue weighted by atomic mass is 10.1. The van der Waals surface area contributed by atoms with E-state index >= 15 is 0 Å². The molecule has 0 N–H and O–H groups in total. The lowest BCUT2D eigenvalue weighted by Gasteiger charge is -2.31. The standard InChI is InChI=1S/C23H19N3O3S/c1-14-12-15(2)21(16(3)13-14)30(27,28)26-19-10-6-7-11-20(19)29-23-22(26)24-17-8-4-5-9-18(17)25-23/h4-13H,1-3H3. The minimum atomic E-state index is -3.98. The molecule has 0 saturated heterocycles. The van der Waals surface area contributed by atoms with E-state index in [0.717, 1.165) is 5.56 Å². The van der Waals surface area contributed by atoms with Gasteiger partial charge in [-0.25, -0.2) is 22.7 Å². The highest BCUT2D eigenvalue weighted by molar-refractivity contribution is 7.93. The summed E-state index contributed by atoms with van der Waals surface area (Å²) in [5.74, 6) is 0.741. The second kappa shape index (κ2) is 6.53. The number of para-hydroxylation sites is 4. The normalized spacial score (nSPS) is 13.0. The molecule has 0 amide bonds. The van der Waals surface area contributed by atoms with Crippen molar-refractivity contribution in [2.45, 2.75) is 25.7 Å². The molecule has 0 atom stereocenters. The molecule has 150 valence electrons. The lowest BCUT2D eigenvalue weighted by Crippen LogP contribution is -2.31. The molecule has 6 nitrogen and oxygen atoms in total. The van der Waals surface area contributed by atoms with Gasteiger partial charge in [-0.05, 0) is 56.2 Å². The van der Waals surface area contributed by atoms with Crippen LogP contribution in [-0.4, -0.2) is 18.4 Å². The summed E-state index contributed by atoms with van der Waals surface area (Å²) in [5, 5.41) is 0. The van der Waals surface area contributed by atoms with Crippen LogP contribution < -0.4 is 9.04 Å². The van der Waals surface area contributed by atoms with E-state index < -0.39 is 10.0 Å². The highest BCUT2D eigenvalue weighted by Gasteiger charge is 2.38. The van der Waals surface area contributed by atoms with Gasteiger partial charge in [0.25, 0.3) is 15.9 Å². The summed E-state index contributed by atoms with van der Waals surface area (Å²) in [6.07, 6.45) is 0. The van der Waals surface area contributed by atoms with Crippen LogP contribution in [0.3, 0.4) is 0 Å². The quantitative estimate of drug-likeness (QED) is 0.449. The fraction of sp³-hybridized carbons (Fsp3) is 0.130. The van der Waals surface area contributed by atoms with Gasteiger partial charge in [0, 0.05) is 0 Å². The molecule has 2 heterocycles. The topological polar surface area (TPSA) is 72.4 Å². The highest BCUT2D eigenvalue weighted by atomic mass is 32.2. The fourth-order valence-electron chi connectivity index (χ4n) is 4.01. The van der Waals surface area contributed by atoms with Crippen molar-refractivity contribution in [3.05, 3.63) is 77.4 Å². The monoisotopic (exact) mass is 417 g/mol. The van der Waals surface area contributed by atoms with Crippen molar-refractivity contribution in [1.82, 2.24) is 9.97 Å². The number of sulfonamides is 1. The maximum Gasteiger partial charge on any atom is 0.270 e. The fourth-order valence-corrected chi connectivity index (χ4v) is 5.88. The number of rotatable bonds is 2. The van der Waals surface area contributed by atoms with Gasteiger partial charge in [-0.2, -0.15) is 0 Å². The molecular weight excluding hydrogens is 398 g/mol. The Morgan fingerprint density at radius 1 is 0.833 bits per heavy atom. The molecule has 0 spiro atoms. The number of nitrogens with zero attached hydrogens (tertiary/aromatic N) is 3. The van der Waals surface area contributed by atoms with Crippen LogP contribution in [0.15, 0.2) is 65.6 Å². The molecule has 0 fully saturated rings. The van der Waals surface area contributed by atoms with Crippen molar-refractivity contribution in [2.24, 2.45) is 0 Å². The van der Waals surface area contributed by atoms with Gasteiger partial charge in [-0.15, -0.1) is 0 Å². The van der Waals surface area contributed by atoms with Crippen molar-refractivity contribution in [2.75, 3.05) is 4.31 Å². The SMILES string of the molecule is Cc1cc(C)c(S(=O)(=O)N2c3ccccc3Oc3nc4ccccc4nc32)c(C)c1. The van der Waals surface area contributed by atoms with E-state index in [4.69, 9.17) is 4.74 Å². The van der Waals surface area contributed by atoms with E-state index in [1.165, 1.54) is 4.31 Å². The summed E-state index contributed by atoms with van der Waals surface area (Å²) >= 11 is 0. The second-order valence-electron chi connectivity index (χ2n) is 7.41. The van der Waals surface area contributed by atoms with Crippen molar-refractivity contribution in [1.29, 1.82) is 0 Å². The first kappa shape index (κ1) is 18.6. The first-order chi connectivity index (χ1) is 14.4. The first-order valence-corrected chi connectivity index (χ1v) is 11.0. The predicted octanol–water partition coefficient (Wildman–Crippen LogP) is 5.19. The minimum absolute atomic E-state index is 0.159. The van der Waals surface area contributed by atoms with Crippen LogP contribution in [0.5, 0.6) is 11.6 Å². The number of hydrogen-bond acceptors (Lipinski definition) is 5. The molecule has 5 rings (SSSR count). The molecule has 0 unspecified atom stereocenters. The number of aromatic nitrogens is 2. The predicted molar refractivity (Wildman–Crippen MR) is 116 cm³/mol. The van der Waals surface area contributed by atoms with Crippen LogP contribution >= 0.6 is 0 Å². The van der Waals surface area contributed by atoms with Crippen LogP contribution in [0.25, 0.3) is 11.0 Å². The smallest absolute Gasteiger partial charge is 0.270 e. The zero-order valence-electron chi connectivity index (χ0n) is 16.7. The van der Waals surface area contributed by atoms with E-state index in [2.05, 4.69) is 9.97 Å². The molecule has 0 bridgehead atoms. The number of aryl methyl sites for hydroxylation is 3. The molecule has 30 heavy (non-hydrogen) atoms. The number of ether oxygens (including phenoxy) is 1. The summed E-state index contributed by atoms with van der Waals surface area (Å²) in [5.41, 5.74) is 4.03. The minimum Gasteiger partial charge on any atom is -0.434 e. The first-order valence-electron chi connectivity index (χ1n) is 9.53. The molecule has 0 radical (unpaired) electrons. The van der Waals surface area contributed by atoms with Gasteiger partial charge >= 0.3 is 0 Å². The number of benzene rings is 3. The lowest BCUT2D eigenvalue weighted by molar-refractivity contribution is 0.457. The molecule has 7 heteroatoms. The Bertz CT molecular complexity index is 1410. The van der Waals surface area contributed by atoms with Crippen molar-refractivity contribution >= 4 is 32.6 Å². The van der Waals surface area contributed by atoms with Crippen molar-refractivity contribution in [3.63, 3.8) is 0 Å². The largest absolute Gasteiger partial charge is 0.434 e. The Balaban J connectivity index is 1.83. The van der Waals surface area contributed by atoms with Crippen molar-refractivity contribution in [3.8, 4) is 11.6 Å². The Morgan fingerprint density at radius 2 is 1.43 bits per heavy atom. The Kier molecular flexibility index (Phi) is 4.04. The van der Waals surface area contributed by atoms with Gasteiger partial charge in [0.2, 0.25) is 5.82 Å². The third-order valence-corrected chi connectivity index (χ3v) is 7.12. The highest BCUT2D eigenvalue weighted by Crippen LogP contribution is 2.48. The van der Waals surface area contributed by atoms with Crippen LogP contribution in [-0.2, 0) is 10.0 Å². The zero-order chi connectivity index (χ0) is 21.0. The summed E-state index contributed by atoms with van der Waals surface area (Å²) in [6.45, 7) is 5.58. The number of anilines is 2. The molecule has 3 aromatic carbocycles. The average Bonchev–Trinajstić information content (AvgIpc) is 2.69. The Labute approximate surface area is 174 Å². The van der Waals surface area contributed by atoms with E-state index in [9.17, 15) is 8.42 Å². The van der Waals surface area contributed by atoms with E-state index in [-0.39, 0.29) is 16.6 Å². The molecule has 0 aliphatic carbocycles. The third-order valence-electron chi connectivity index (χ3n) is 5.11. The summed E-state index contributed by atoms with van der Waals surface area (Å²) in [4.78, 5) is 9.43. The summed E-state index contributed by atoms with van der Waals surface area (Å²) in [6, 6.07) is 18.1. The van der Waals surface area contributed by atoms with E-state index in [1.54, 1.807) is 30.3 Å². The third kappa shape index (κ3) is 2.74. The van der Waals surface area contributed by atoms with E-state index in [1.807, 2.05) is 51.1 Å². The van der Waals surface area contributed by atoms with E-state index in [0.29, 0.717) is 33.6 Å². The van der Waals surface area contributed by atoms with Gasteiger partial charge in [-0.1, -0.05) is 42.0 Å². The second-order valence-corrected chi connectivity index (χ2v) is 9.13. The van der Waals surface area contributed by atoms with Gasteiger partial charge < -0.3 is 4.74 Å². The van der Waals surface area contributed by atoms with Gasteiger partial charge in [0.15, 0.2) is 5.75 Å². The summed E-state index contributed by atoms with van der Waals surface area (Å²) in [7, 11) is -3.98. The molecule has 1 aliphatic rings. The number of hydrogen-bond donors (Lipinski definition) is 0. The Morgan fingerprint density at radius 3 is 2.13 bits per heavy atom. The molecule has 1 aromatic heterocycles. The number of fused-ring (bicyclic) bond motifs is 3. The van der Waals surface area contributed by atoms with Crippen LogP contribution in [0.4, 0.5) is 11.5 Å². The van der Waals surface area contributed by atoms with Gasteiger partial charge in [0.1, 0.15) is 5.69 Å². The summed E-state index contributed by atoms with van der Waals surface area (Å²) < 4.78 is 35.2. The van der Waals surface area contributed by atoms with Gasteiger partial charge in [0.05, 0.1) is 15.9 Å². The van der Waals surface area contributed by atoms with Crippen LogP contribution in [0.2, 0.25) is 0 Å². The van der Waals surface area contributed by atoms with Crippen LogP contribution in [0, 0.1) is 20.8 Å². The maximum absolute atomic E-state index is 14.0. The molecule has 1 aliphatic heterocycles. The Hall–Kier alpha value is -3.45. The maximum atomic E-state index is 14.0. The molecule has 4 aromatic rings. The van der Waals surface area contributed by atoms with Crippen molar-refractivity contribution < 1.29 is 13.2 Å². The zero-order valence-corrected chi connectivity index (χ0v) is 17.6. The molecular formula is C23H19N3O3S. The van der Waals surface area contributed by atoms with Gasteiger partial charge in [-0.3, -0.25) is 0 Å².